The number of aromatic carboxylic acids is 1. The SMILES string of the molecule is O=C(O)c1cc(-c2cccc(OC(F)F)c2)nc2ccnn12. The van der Waals surface area contributed by atoms with Crippen LogP contribution in [0, 0.1) is 0 Å². The van der Waals surface area contributed by atoms with E-state index in [-0.39, 0.29) is 11.4 Å². The number of carbonyl (C=O) groups is 1. The fourth-order valence-corrected chi connectivity index (χ4v) is 2.04. The zero-order chi connectivity index (χ0) is 15.7. The number of hydrogen-bond acceptors (Lipinski definition) is 4. The van der Waals surface area contributed by atoms with Crippen LogP contribution in [0.4, 0.5) is 8.78 Å². The number of ether oxygens (including phenoxy) is 1. The second-order valence-corrected chi connectivity index (χ2v) is 4.34. The van der Waals surface area contributed by atoms with Gasteiger partial charge in [0.2, 0.25) is 0 Å². The van der Waals surface area contributed by atoms with Gasteiger partial charge in [-0.15, -0.1) is 0 Å². The van der Waals surface area contributed by atoms with Gasteiger partial charge < -0.3 is 9.84 Å². The molecule has 0 atom stereocenters. The smallest absolute Gasteiger partial charge is 0.387 e. The van der Waals surface area contributed by atoms with E-state index < -0.39 is 12.6 Å². The van der Waals surface area contributed by atoms with Gasteiger partial charge in [-0.25, -0.2) is 14.3 Å². The zero-order valence-electron chi connectivity index (χ0n) is 11.0. The van der Waals surface area contributed by atoms with Crippen molar-refractivity contribution in [1.82, 2.24) is 14.6 Å². The normalized spacial score (nSPS) is 11.0. The van der Waals surface area contributed by atoms with Gasteiger partial charge in [-0.2, -0.15) is 13.9 Å². The van der Waals surface area contributed by atoms with Crippen molar-refractivity contribution < 1.29 is 23.4 Å². The van der Waals surface area contributed by atoms with Gasteiger partial charge in [-0.3, -0.25) is 0 Å². The van der Waals surface area contributed by atoms with Crippen LogP contribution >= 0.6 is 0 Å². The second kappa shape index (κ2) is 5.40. The monoisotopic (exact) mass is 305 g/mol. The minimum Gasteiger partial charge on any atom is -0.477 e. The van der Waals surface area contributed by atoms with E-state index in [1.807, 2.05) is 0 Å². The third-order valence-electron chi connectivity index (χ3n) is 2.93. The average molecular weight is 305 g/mol. The standard InChI is InChI=1S/C14H9F2N3O3/c15-14(16)22-9-3-1-2-8(6-9)10-7-11(13(20)21)19-12(18-10)4-5-17-19/h1-7,14H,(H,20,21). The summed E-state index contributed by atoms with van der Waals surface area (Å²) in [4.78, 5) is 15.6. The van der Waals surface area contributed by atoms with E-state index >= 15 is 0 Å². The Hall–Kier alpha value is -3.03. The summed E-state index contributed by atoms with van der Waals surface area (Å²) in [6, 6.07) is 8.77. The van der Waals surface area contributed by atoms with Crippen molar-refractivity contribution >= 4 is 11.6 Å². The number of carboxylic acid groups (broad SMARTS) is 1. The molecule has 0 saturated heterocycles. The molecule has 112 valence electrons. The van der Waals surface area contributed by atoms with Crippen LogP contribution < -0.4 is 4.74 Å². The van der Waals surface area contributed by atoms with Crippen LogP contribution in [0.1, 0.15) is 10.5 Å². The van der Waals surface area contributed by atoms with Gasteiger partial charge in [0.05, 0.1) is 11.9 Å². The summed E-state index contributed by atoms with van der Waals surface area (Å²) in [5, 5.41) is 13.1. The molecule has 0 spiro atoms. The number of halogens is 2. The number of hydrogen-bond donors (Lipinski definition) is 1. The lowest BCUT2D eigenvalue weighted by Gasteiger charge is -2.08. The number of nitrogens with zero attached hydrogens (tertiary/aromatic N) is 3. The topological polar surface area (TPSA) is 76.7 Å². The highest BCUT2D eigenvalue weighted by Crippen LogP contribution is 2.25. The number of fused-ring (bicyclic) bond motifs is 1. The molecule has 0 fully saturated rings. The van der Waals surface area contributed by atoms with E-state index in [2.05, 4.69) is 14.8 Å². The second-order valence-electron chi connectivity index (χ2n) is 4.34. The molecule has 0 amide bonds. The first-order valence-corrected chi connectivity index (χ1v) is 6.18. The lowest BCUT2D eigenvalue weighted by molar-refractivity contribution is -0.0498. The molecule has 1 N–H and O–H groups in total. The molecule has 0 bridgehead atoms. The highest BCUT2D eigenvalue weighted by molar-refractivity contribution is 5.88. The first-order valence-electron chi connectivity index (χ1n) is 6.18. The number of aromatic nitrogens is 3. The Morgan fingerprint density at radius 1 is 1.27 bits per heavy atom. The molecule has 0 aliphatic rings. The van der Waals surface area contributed by atoms with Crippen molar-refractivity contribution in [2.45, 2.75) is 6.61 Å². The predicted molar refractivity (Wildman–Crippen MR) is 72.0 cm³/mol. The Labute approximate surface area is 122 Å². The van der Waals surface area contributed by atoms with E-state index in [0.717, 1.165) is 0 Å². The van der Waals surface area contributed by atoms with Crippen molar-refractivity contribution in [1.29, 1.82) is 0 Å². The fourth-order valence-electron chi connectivity index (χ4n) is 2.04. The van der Waals surface area contributed by atoms with Crippen molar-refractivity contribution in [2.24, 2.45) is 0 Å². The quantitative estimate of drug-likeness (QED) is 0.802. The molecule has 6 nitrogen and oxygen atoms in total. The molecular weight excluding hydrogens is 296 g/mol. The molecule has 0 aliphatic heterocycles. The molecule has 2 heterocycles. The Balaban J connectivity index is 2.12. The number of carboxylic acids is 1. The van der Waals surface area contributed by atoms with Crippen LogP contribution in [0.3, 0.4) is 0 Å². The third kappa shape index (κ3) is 2.58. The average Bonchev–Trinajstić information content (AvgIpc) is 2.93. The van der Waals surface area contributed by atoms with Crippen molar-refractivity contribution in [3.63, 3.8) is 0 Å². The van der Waals surface area contributed by atoms with Gasteiger partial charge in [0.15, 0.2) is 11.3 Å². The molecule has 1 aromatic carbocycles. The summed E-state index contributed by atoms with van der Waals surface area (Å²) in [5.41, 5.74) is 1.05. The number of benzene rings is 1. The highest BCUT2D eigenvalue weighted by atomic mass is 19.3. The largest absolute Gasteiger partial charge is 0.477 e. The van der Waals surface area contributed by atoms with E-state index in [1.165, 1.54) is 35.0 Å². The Bertz CT molecular complexity index is 848. The lowest BCUT2D eigenvalue weighted by atomic mass is 10.1. The van der Waals surface area contributed by atoms with E-state index in [1.54, 1.807) is 12.1 Å². The summed E-state index contributed by atoms with van der Waals surface area (Å²) in [7, 11) is 0. The van der Waals surface area contributed by atoms with Gasteiger partial charge in [0, 0.05) is 11.6 Å². The van der Waals surface area contributed by atoms with Gasteiger partial charge in [-0.05, 0) is 18.2 Å². The van der Waals surface area contributed by atoms with Crippen LogP contribution in [-0.4, -0.2) is 32.3 Å². The van der Waals surface area contributed by atoms with Crippen molar-refractivity contribution in [3.05, 3.63) is 48.3 Å². The maximum atomic E-state index is 12.3. The van der Waals surface area contributed by atoms with Crippen molar-refractivity contribution in [3.8, 4) is 17.0 Å². The first kappa shape index (κ1) is 13.9. The molecule has 2 aromatic heterocycles. The lowest BCUT2D eigenvalue weighted by Crippen LogP contribution is -2.08. The molecule has 0 aliphatic carbocycles. The first-order chi connectivity index (χ1) is 10.5. The molecule has 8 heteroatoms. The molecule has 0 saturated carbocycles. The highest BCUT2D eigenvalue weighted by Gasteiger charge is 2.14. The van der Waals surface area contributed by atoms with Crippen LogP contribution in [0.5, 0.6) is 5.75 Å². The maximum absolute atomic E-state index is 12.3. The summed E-state index contributed by atoms with van der Waals surface area (Å²) < 4.78 is 30.0. The van der Waals surface area contributed by atoms with Gasteiger partial charge in [-0.1, -0.05) is 12.1 Å². The Morgan fingerprint density at radius 2 is 2.09 bits per heavy atom. The minimum atomic E-state index is -2.94. The molecule has 0 radical (unpaired) electrons. The van der Waals surface area contributed by atoms with Gasteiger partial charge in [0.1, 0.15) is 5.75 Å². The minimum absolute atomic E-state index is 0.0282. The third-order valence-corrected chi connectivity index (χ3v) is 2.93. The van der Waals surface area contributed by atoms with Crippen LogP contribution in [-0.2, 0) is 0 Å². The molecular formula is C14H9F2N3O3. The summed E-state index contributed by atoms with van der Waals surface area (Å²) in [5.74, 6) is -1.20. The Kier molecular flexibility index (Phi) is 3.42. The van der Waals surface area contributed by atoms with Crippen LogP contribution in [0.25, 0.3) is 16.9 Å². The molecule has 3 aromatic rings. The zero-order valence-corrected chi connectivity index (χ0v) is 11.0. The maximum Gasteiger partial charge on any atom is 0.387 e. The Morgan fingerprint density at radius 3 is 2.82 bits per heavy atom. The van der Waals surface area contributed by atoms with Crippen molar-refractivity contribution in [2.75, 3.05) is 0 Å². The van der Waals surface area contributed by atoms with E-state index in [0.29, 0.717) is 16.9 Å². The van der Waals surface area contributed by atoms with Crippen LogP contribution in [0.15, 0.2) is 42.6 Å². The molecule has 0 unspecified atom stereocenters. The van der Waals surface area contributed by atoms with Crippen LogP contribution in [0.2, 0.25) is 0 Å². The number of rotatable bonds is 4. The summed E-state index contributed by atoms with van der Waals surface area (Å²) >= 11 is 0. The predicted octanol–water partition coefficient (Wildman–Crippen LogP) is 2.70. The summed E-state index contributed by atoms with van der Waals surface area (Å²) in [6.45, 7) is -2.94. The van der Waals surface area contributed by atoms with E-state index in [9.17, 15) is 18.7 Å². The molecule has 3 rings (SSSR count). The van der Waals surface area contributed by atoms with Gasteiger partial charge >= 0.3 is 12.6 Å². The summed E-state index contributed by atoms with van der Waals surface area (Å²) in [6.07, 6.45) is 1.43. The van der Waals surface area contributed by atoms with Gasteiger partial charge in [0.25, 0.3) is 0 Å². The molecule has 22 heavy (non-hydrogen) atoms. The number of alkyl halides is 2. The fraction of sp³-hybridized carbons (Fsp3) is 0.0714. The van der Waals surface area contributed by atoms with E-state index in [4.69, 9.17) is 0 Å².